The Kier molecular flexibility index (Phi) is 4.24. The smallest absolute Gasteiger partial charge is 0.228 e. The van der Waals surface area contributed by atoms with E-state index in [1.165, 1.54) is 0 Å². The summed E-state index contributed by atoms with van der Waals surface area (Å²) in [7, 11) is 0. The SMILES string of the molecule is CC(C)(C)C(=O)N1CCCN(c2ccc3ccccc3n2)CC1. The number of nitrogens with zero attached hydrogens (tertiary/aromatic N) is 3. The maximum atomic E-state index is 12.5. The van der Waals surface area contributed by atoms with Gasteiger partial charge >= 0.3 is 0 Å². The Morgan fingerprint density at radius 1 is 1.00 bits per heavy atom. The summed E-state index contributed by atoms with van der Waals surface area (Å²) >= 11 is 0. The quantitative estimate of drug-likeness (QED) is 0.810. The van der Waals surface area contributed by atoms with Crippen molar-refractivity contribution in [3.05, 3.63) is 36.4 Å². The van der Waals surface area contributed by atoms with Gasteiger partial charge < -0.3 is 9.80 Å². The highest BCUT2D eigenvalue weighted by Crippen LogP contribution is 2.22. The first-order valence-electron chi connectivity index (χ1n) is 8.35. The Morgan fingerprint density at radius 3 is 2.57 bits per heavy atom. The zero-order chi connectivity index (χ0) is 16.4. The average molecular weight is 311 g/mol. The second-order valence-corrected chi connectivity index (χ2v) is 7.24. The van der Waals surface area contributed by atoms with Crippen molar-refractivity contribution < 1.29 is 4.79 Å². The van der Waals surface area contributed by atoms with Gasteiger partial charge in [0, 0.05) is 37.0 Å². The van der Waals surface area contributed by atoms with E-state index in [9.17, 15) is 4.79 Å². The third kappa shape index (κ3) is 3.46. The molecule has 0 bridgehead atoms. The summed E-state index contributed by atoms with van der Waals surface area (Å²) < 4.78 is 0. The topological polar surface area (TPSA) is 36.4 Å². The van der Waals surface area contributed by atoms with Gasteiger partial charge in [-0.25, -0.2) is 4.98 Å². The number of hydrogen-bond donors (Lipinski definition) is 0. The van der Waals surface area contributed by atoms with E-state index in [0.717, 1.165) is 49.3 Å². The number of para-hydroxylation sites is 1. The summed E-state index contributed by atoms with van der Waals surface area (Å²) in [6.07, 6.45) is 0.982. The highest BCUT2D eigenvalue weighted by molar-refractivity contribution is 5.82. The second kappa shape index (κ2) is 6.19. The van der Waals surface area contributed by atoms with E-state index in [4.69, 9.17) is 4.98 Å². The standard InChI is InChI=1S/C19H25N3O/c1-19(2,3)18(23)22-12-6-11-21(13-14-22)17-10-9-15-7-4-5-8-16(15)20-17/h4-5,7-10H,6,11-14H2,1-3H3. The number of carbonyl (C=O) groups excluding carboxylic acids is 1. The molecule has 23 heavy (non-hydrogen) atoms. The second-order valence-electron chi connectivity index (χ2n) is 7.24. The number of amides is 1. The Hall–Kier alpha value is -2.10. The van der Waals surface area contributed by atoms with Gasteiger partial charge in [-0.05, 0) is 24.6 Å². The average Bonchev–Trinajstić information content (AvgIpc) is 2.78. The summed E-state index contributed by atoms with van der Waals surface area (Å²) in [5.74, 6) is 1.25. The maximum Gasteiger partial charge on any atom is 0.228 e. The first-order valence-corrected chi connectivity index (χ1v) is 8.35. The Bertz CT molecular complexity index is 705. The summed E-state index contributed by atoms with van der Waals surface area (Å²) in [5, 5.41) is 1.16. The molecule has 0 atom stereocenters. The third-order valence-corrected chi connectivity index (χ3v) is 4.33. The van der Waals surface area contributed by atoms with E-state index in [1.807, 2.05) is 43.9 Å². The molecule has 122 valence electrons. The molecule has 3 rings (SSSR count). The molecule has 1 amide bonds. The molecule has 4 nitrogen and oxygen atoms in total. The minimum Gasteiger partial charge on any atom is -0.355 e. The number of benzene rings is 1. The Morgan fingerprint density at radius 2 is 1.78 bits per heavy atom. The van der Waals surface area contributed by atoms with Gasteiger partial charge in [0.1, 0.15) is 5.82 Å². The summed E-state index contributed by atoms with van der Waals surface area (Å²) in [6, 6.07) is 12.4. The Labute approximate surface area is 138 Å². The fourth-order valence-corrected chi connectivity index (χ4v) is 3.06. The summed E-state index contributed by atoms with van der Waals surface area (Å²) in [5.41, 5.74) is 0.716. The molecule has 0 saturated carbocycles. The van der Waals surface area contributed by atoms with Crippen LogP contribution in [-0.4, -0.2) is 42.0 Å². The first-order chi connectivity index (χ1) is 10.9. The monoisotopic (exact) mass is 311 g/mol. The largest absolute Gasteiger partial charge is 0.355 e. The predicted molar refractivity (Wildman–Crippen MR) is 94.6 cm³/mol. The van der Waals surface area contributed by atoms with Crippen LogP contribution in [-0.2, 0) is 4.79 Å². The number of aromatic nitrogens is 1. The van der Waals surface area contributed by atoms with Crippen LogP contribution in [0.3, 0.4) is 0 Å². The molecule has 1 aliphatic heterocycles. The van der Waals surface area contributed by atoms with Crippen molar-refractivity contribution in [3.8, 4) is 0 Å². The minimum absolute atomic E-state index is 0.242. The molecule has 1 saturated heterocycles. The number of rotatable bonds is 1. The van der Waals surface area contributed by atoms with Crippen LogP contribution in [0, 0.1) is 5.41 Å². The van der Waals surface area contributed by atoms with Crippen LogP contribution in [0.4, 0.5) is 5.82 Å². The van der Waals surface area contributed by atoms with E-state index in [-0.39, 0.29) is 11.3 Å². The summed E-state index contributed by atoms with van der Waals surface area (Å²) in [6.45, 7) is 9.35. The van der Waals surface area contributed by atoms with Crippen LogP contribution in [0.2, 0.25) is 0 Å². The lowest BCUT2D eigenvalue weighted by atomic mass is 9.94. The maximum absolute atomic E-state index is 12.5. The van der Waals surface area contributed by atoms with Gasteiger partial charge in [0.25, 0.3) is 0 Å². The molecule has 4 heteroatoms. The fourth-order valence-electron chi connectivity index (χ4n) is 3.06. The van der Waals surface area contributed by atoms with Crippen molar-refractivity contribution in [1.29, 1.82) is 0 Å². The van der Waals surface area contributed by atoms with Gasteiger partial charge in [-0.15, -0.1) is 0 Å². The molecule has 0 N–H and O–H groups in total. The normalized spacial score (nSPS) is 16.5. The van der Waals surface area contributed by atoms with Crippen molar-refractivity contribution in [3.63, 3.8) is 0 Å². The van der Waals surface area contributed by atoms with Crippen LogP contribution in [0.1, 0.15) is 27.2 Å². The summed E-state index contributed by atoms with van der Waals surface area (Å²) in [4.78, 5) is 21.6. The fraction of sp³-hybridized carbons (Fsp3) is 0.474. The number of carbonyl (C=O) groups is 1. The Balaban J connectivity index is 1.75. The molecule has 0 unspecified atom stereocenters. The first kappa shape index (κ1) is 15.8. The van der Waals surface area contributed by atoms with Crippen LogP contribution in [0.5, 0.6) is 0 Å². The van der Waals surface area contributed by atoms with E-state index >= 15 is 0 Å². The van der Waals surface area contributed by atoms with Gasteiger partial charge in [0.15, 0.2) is 0 Å². The van der Waals surface area contributed by atoms with Gasteiger partial charge in [0.05, 0.1) is 5.52 Å². The minimum atomic E-state index is -0.309. The van der Waals surface area contributed by atoms with Crippen LogP contribution >= 0.6 is 0 Å². The highest BCUT2D eigenvalue weighted by Gasteiger charge is 2.28. The van der Waals surface area contributed by atoms with Gasteiger partial charge in [-0.2, -0.15) is 0 Å². The molecule has 1 fully saturated rings. The van der Waals surface area contributed by atoms with Gasteiger partial charge in [0.2, 0.25) is 5.91 Å². The van der Waals surface area contributed by atoms with Crippen LogP contribution < -0.4 is 4.90 Å². The number of anilines is 1. The van der Waals surface area contributed by atoms with Crippen LogP contribution in [0.15, 0.2) is 36.4 Å². The number of pyridine rings is 1. The van der Waals surface area contributed by atoms with Gasteiger partial charge in [-0.3, -0.25) is 4.79 Å². The van der Waals surface area contributed by atoms with Crippen LogP contribution in [0.25, 0.3) is 10.9 Å². The molecule has 1 aliphatic rings. The molecule has 0 radical (unpaired) electrons. The molecular weight excluding hydrogens is 286 g/mol. The zero-order valence-corrected chi connectivity index (χ0v) is 14.2. The highest BCUT2D eigenvalue weighted by atomic mass is 16.2. The molecule has 2 aromatic rings. The van der Waals surface area contributed by atoms with Crippen molar-refractivity contribution in [2.24, 2.45) is 5.41 Å². The van der Waals surface area contributed by atoms with E-state index in [0.29, 0.717) is 0 Å². The lowest BCUT2D eigenvalue weighted by molar-refractivity contribution is -0.139. The number of fused-ring (bicyclic) bond motifs is 1. The van der Waals surface area contributed by atoms with Crippen molar-refractivity contribution in [2.75, 3.05) is 31.1 Å². The van der Waals surface area contributed by atoms with Crippen molar-refractivity contribution in [2.45, 2.75) is 27.2 Å². The predicted octanol–water partition coefficient (Wildman–Crippen LogP) is 3.32. The van der Waals surface area contributed by atoms with E-state index < -0.39 is 0 Å². The van der Waals surface area contributed by atoms with E-state index in [2.05, 4.69) is 23.1 Å². The molecular formula is C19H25N3O. The molecule has 1 aromatic heterocycles. The molecule has 1 aromatic carbocycles. The molecule has 0 aliphatic carbocycles. The third-order valence-electron chi connectivity index (χ3n) is 4.33. The molecule has 2 heterocycles. The zero-order valence-electron chi connectivity index (χ0n) is 14.2. The van der Waals surface area contributed by atoms with Gasteiger partial charge in [-0.1, -0.05) is 39.0 Å². The molecule has 0 spiro atoms. The lowest BCUT2D eigenvalue weighted by Gasteiger charge is -2.28. The van der Waals surface area contributed by atoms with Crippen molar-refractivity contribution in [1.82, 2.24) is 9.88 Å². The number of hydrogen-bond acceptors (Lipinski definition) is 3. The van der Waals surface area contributed by atoms with E-state index in [1.54, 1.807) is 0 Å². The van der Waals surface area contributed by atoms with Crippen molar-refractivity contribution >= 4 is 22.6 Å². The lowest BCUT2D eigenvalue weighted by Crippen LogP contribution is -2.41.